The van der Waals surface area contributed by atoms with Gasteiger partial charge in [0.1, 0.15) is 6.29 Å². The molecule has 0 amide bonds. The van der Waals surface area contributed by atoms with Crippen molar-refractivity contribution in [1.29, 1.82) is 0 Å². The van der Waals surface area contributed by atoms with E-state index in [2.05, 4.69) is 39.9 Å². The van der Waals surface area contributed by atoms with Crippen molar-refractivity contribution in [3.8, 4) is 0 Å². The van der Waals surface area contributed by atoms with Gasteiger partial charge in [0, 0.05) is 18.0 Å². The van der Waals surface area contributed by atoms with Gasteiger partial charge in [-0.3, -0.25) is 0 Å². The Kier molecular flexibility index (Phi) is 6.81. The Hall–Kier alpha value is -0.370. The van der Waals surface area contributed by atoms with Crippen LogP contribution in [0.3, 0.4) is 0 Å². The van der Waals surface area contributed by atoms with Crippen molar-refractivity contribution in [1.82, 2.24) is 5.32 Å². The maximum absolute atomic E-state index is 10.8. The third-order valence-corrected chi connectivity index (χ3v) is 2.24. The second-order valence-corrected chi connectivity index (χ2v) is 4.98. The van der Waals surface area contributed by atoms with Gasteiger partial charge in [0.2, 0.25) is 0 Å². The highest BCUT2D eigenvalue weighted by Crippen LogP contribution is 2.15. The van der Waals surface area contributed by atoms with Crippen LogP contribution in [0.4, 0.5) is 0 Å². The highest BCUT2D eigenvalue weighted by Gasteiger charge is 2.14. The van der Waals surface area contributed by atoms with Crippen LogP contribution in [0.2, 0.25) is 0 Å². The monoisotopic (exact) mass is 199 g/mol. The largest absolute Gasteiger partial charge is 0.312 e. The molecule has 1 unspecified atom stereocenters. The molecule has 14 heavy (non-hydrogen) atoms. The van der Waals surface area contributed by atoms with Crippen molar-refractivity contribution in [2.24, 2.45) is 11.8 Å². The maximum Gasteiger partial charge on any atom is 0.123 e. The van der Waals surface area contributed by atoms with E-state index >= 15 is 0 Å². The molecule has 0 aliphatic rings. The zero-order valence-corrected chi connectivity index (χ0v) is 10.2. The first-order chi connectivity index (χ1) is 6.45. The fraction of sp³-hybridized carbons (Fsp3) is 0.917. The first-order valence-electron chi connectivity index (χ1n) is 5.67. The van der Waals surface area contributed by atoms with E-state index in [0.717, 1.165) is 19.1 Å². The third kappa shape index (κ3) is 7.07. The lowest BCUT2D eigenvalue weighted by atomic mass is 9.92. The van der Waals surface area contributed by atoms with Crippen molar-refractivity contribution < 1.29 is 4.79 Å². The Bertz CT molecular complexity index is 154. The Morgan fingerprint density at radius 2 is 1.64 bits per heavy atom. The molecule has 2 heteroatoms. The van der Waals surface area contributed by atoms with Crippen molar-refractivity contribution in [2.45, 2.75) is 59.5 Å². The van der Waals surface area contributed by atoms with Gasteiger partial charge in [-0.25, -0.2) is 0 Å². The summed E-state index contributed by atoms with van der Waals surface area (Å²) >= 11 is 0. The SMILES string of the molecule is CC(C)CC(C=O)C[C@H](C)NC(C)C. The molecule has 0 radical (unpaired) electrons. The molecule has 2 atom stereocenters. The average Bonchev–Trinajstić information content (AvgIpc) is 2.00. The van der Waals surface area contributed by atoms with Crippen molar-refractivity contribution >= 4 is 6.29 Å². The fourth-order valence-electron chi connectivity index (χ4n) is 1.90. The molecule has 1 N–H and O–H groups in total. The van der Waals surface area contributed by atoms with Crippen molar-refractivity contribution in [2.75, 3.05) is 0 Å². The highest BCUT2D eigenvalue weighted by atomic mass is 16.1. The number of hydrogen-bond acceptors (Lipinski definition) is 2. The molecular formula is C12H25NO. The van der Waals surface area contributed by atoms with Crippen LogP contribution in [-0.4, -0.2) is 18.4 Å². The predicted octanol–water partition coefficient (Wildman–Crippen LogP) is 2.62. The van der Waals surface area contributed by atoms with Gasteiger partial charge in [-0.05, 0) is 25.7 Å². The van der Waals surface area contributed by atoms with E-state index in [-0.39, 0.29) is 5.92 Å². The molecule has 0 aliphatic heterocycles. The zero-order chi connectivity index (χ0) is 11.1. The van der Waals surface area contributed by atoms with Crippen molar-refractivity contribution in [3.05, 3.63) is 0 Å². The number of carbonyl (C=O) groups excluding carboxylic acids is 1. The lowest BCUT2D eigenvalue weighted by Gasteiger charge is -2.21. The molecule has 0 aliphatic carbocycles. The summed E-state index contributed by atoms with van der Waals surface area (Å²) in [6.07, 6.45) is 3.08. The van der Waals surface area contributed by atoms with E-state index in [0.29, 0.717) is 18.0 Å². The van der Waals surface area contributed by atoms with E-state index in [1.165, 1.54) is 0 Å². The van der Waals surface area contributed by atoms with Crippen molar-refractivity contribution in [3.63, 3.8) is 0 Å². The van der Waals surface area contributed by atoms with Crippen LogP contribution in [0.1, 0.15) is 47.5 Å². The molecule has 0 rings (SSSR count). The average molecular weight is 199 g/mol. The fourth-order valence-corrected chi connectivity index (χ4v) is 1.90. The van der Waals surface area contributed by atoms with E-state index in [9.17, 15) is 4.79 Å². The first-order valence-corrected chi connectivity index (χ1v) is 5.67. The predicted molar refractivity (Wildman–Crippen MR) is 61.4 cm³/mol. The number of carbonyl (C=O) groups is 1. The number of nitrogens with one attached hydrogen (secondary N) is 1. The molecule has 0 fully saturated rings. The van der Waals surface area contributed by atoms with E-state index in [1.807, 2.05) is 0 Å². The second-order valence-electron chi connectivity index (χ2n) is 4.98. The maximum atomic E-state index is 10.8. The summed E-state index contributed by atoms with van der Waals surface area (Å²) in [7, 11) is 0. The lowest BCUT2D eigenvalue weighted by Crippen LogP contribution is -2.34. The summed E-state index contributed by atoms with van der Waals surface area (Å²) in [6.45, 7) is 10.7. The number of hydrogen-bond donors (Lipinski definition) is 1. The number of aldehydes is 1. The third-order valence-electron chi connectivity index (χ3n) is 2.24. The van der Waals surface area contributed by atoms with Gasteiger partial charge in [-0.2, -0.15) is 0 Å². The Morgan fingerprint density at radius 1 is 1.07 bits per heavy atom. The standard InChI is InChI=1S/C12H25NO/c1-9(2)6-12(8-14)7-11(5)13-10(3)4/h8-13H,6-7H2,1-5H3/t11-,12?/m0/s1. The Morgan fingerprint density at radius 3 is 2.00 bits per heavy atom. The Labute approximate surface area is 88.5 Å². The minimum absolute atomic E-state index is 0.219. The molecule has 2 nitrogen and oxygen atoms in total. The molecule has 0 heterocycles. The smallest absolute Gasteiger partial charge is 0.123 e. The molecule has 0 aromatic heterocycles. The lowest BCUT2D eigenvalue weighted by molar-refractivity contribution is -0.111. The summed E-state index contributed by atoms with van der Waals surface area (Å²) in [4.78, 5) is 10.8. The van der Waals surface area contributed by atoms with E-state index in [4.69, 9.17) is 0 Å². The second kappa shape index (κ2) is 6.99. The van der Waals surface area contributed by atoms with Crippen LogP contribution in [0.15, 0.2) is 0 Å². The summed E-state index contributed by atoms with van der Waals surface area (Å²) in [5.41, 5.74) is 0. The van der Waals surface area contributed by atoms with Gasteiger partial charge in [-0.1, -0.05) is 27.7 Å². The zero-order valence-electron chi connectivity index (χ0n) is 10.2. The summed E-state index contributed by atoms with van der Waals surface area (Å²) in [5.74, 6) is 0.827. The molecule has 0 aromatic carbocycles. The summed E-state index contributed by atoms with van der Waals surface area (Å²) < 4.78 is 0. The molecular weight excluding hydrogens is 174 g/mol. The van der Waals surface area contributed by atoms with Crippen LogP contribution in [0.5, 0.6) is 0 Å². The van der Waals surface area contributed by atoms with Crippen LogP contribution in [-0.2, 0) is 4.79 Å². The van der Waals surface area contributed by atoms with Crippen LogP contribution in [0.25, 0.3) is 0 Å². The summed E-state index contributed by atoms with van der Waals surface area (Å²) in [6, 6.07) is 0.931. The van der Waals surface area contributed by atoms with Gasteiger partial charge in [0.05, 0.1) is 0 Å². The van der Waals surface area contributed by atoms with Gasteiger partial charge in [0.15, 0.2) is 0 Å². The van der Waals surface area contributed by atoms with E-state index < -0.39 is 0 Å². The molecule has 0 spiro atoms. The highest BCUT2D eigenvalue weighted by molar-refractivity contribution is 5.53. The minimum Gasteiger partial charge on any atom is -0.312 e. The topological polar surface area (TPSA) is 29.1 Å². The van der Waals surface area contributed by atoms with Gasteiger partial charge < -0.3 is 10.1 Å². The van der Waals surface area contributed by atoms with Crippen LogP contribution in [0, 0.1) is 11.8 Å². The number of rotatable bonds is 7. The van der Waals surface area contributed by atoms with E-state index in [1.54, 1.807) is 0 Å². The molecule has 0 saturated heterocycles. The summed E-state index contributed by atoms with van der Waals surface area (Å²) in [5, 5.41) is 3.42. The van der Waals surface area contributed by atoms with Gasteiger partial charge >= 0.3 is 0 Å². The quantitative estimate of drug-likeness (QED) is 0.639. The molecule has 0 aromatic rings. The first kappa shape index (κ1) is 13.6. The van der Waals surface area contributed by atoms with Gasteiger partial charge in [-0.15, -0.1) is 0 Å². The van der Waals surface area contributed by atoms with Crippen LogP contribution >= 0.6 is 0 Å². The Balaban J connectivity index is 3.85. The molecule has 0 saturated carbocycles. The molecule has 84 valence electrons. The normalized spacial score (nSPS) is 15.9. The van der Waals surface area contributed by atoms with Crippen LogP contribution < -0.4 is 5.32 Å². The van der Waals surface area contributed by atoms with Gasteiger partial charge in [0.25, 0.3) is 0 Å². The minimum atomic E-state index is 0.219. The molecule has 0 bridgehead atoms.